The van der Waals surface area contributed by atoms with Crippen LogP contribution in [-0.4, -0.2) is 6.61 Å². The van der Waals surface area contributed by atoms with E-state index in [1.54, 1.807) is 11.3 Å². The molecule has 0 atom stereocenters. The molecule has 0 saturated carbocycles. The summed E-state index contributed by atoms with van der Waals surface area (Å²) in [6.45, 7) is 3.06. The average molecular weight is 249 g/mol. The van der Waals surface area contributed by atoms with Crippen LogP contribution in [0.15, 0.2) is 35.7 Å². The Morgan fingerprint density at radius 1 is 1.12 bits per heavy atom. The number of rotatable bonds is 5. The Hall–Kier alpha value is -1.68. The van der Waals surface area contributed by atoms with Crippen LogP contribution in [0.25, 0.3) is 0 Å². The van der Waals surface area contributed by atoms with Crippen molar-refractivity contribution in [3.05, 3.63) is 40.6 Å². The average Bonchev–Trinajstić information content (AvgIpc) is 2.83. The van der Waals surface area contributed by atoms with Gasteiger partial charge in [0, 0.05) is 4.88 Å². The maximum atomic E-state index is 5.96. The maximum absolute atomic E-state index is 5.96. The van der Waals surface area contributed by atoms with Gasteiger partial charge in [0.1, 0.15) is 23.8 Å². The van der Waals surface area contributed by atoms with Gasteiger partial charge < -0.3 is 15.2 Å². The van der Waals surface area contributed by atoms with Crippen molar-refractivity contribution in [2.75, 3.05) is 12.3 Å². The van der Waals surface area contributed by atoms with Crippen molar-refractivity contribution >= 4 is 17.0 Å². The van der Waals surface area contributed by atoms with Crippen molar-refractivity contribution in [2.24, 2.45) is 0 Å². The van der Waals surface area contributed by atoms with Gasteiger partial charge in [-0.15, -0.1) is 11.3 Å². The highest BCUT2D eigenvalue weighted by atomic mass is 32.1. The quantitative estimate of drug-likeness (QED) is 0.827. The van der Waals surface area contributed by atoms with Crippen LogP contribution in [0, 0.1) is 0 Å². The van der Waals surface area contributed by atoms with E-state index in [2.05, 4.69) is 0 Å². The molecule has 0 unspecified atom stereocenters. The molecular formula is C13H15NO2S. The molecule has 2 rings (SSSR count). The SMILES string of the molecule is CCOc1cccc(OCc2cccs2)c1N. The third kappa shape index (κ3) is 2.91. The number of thiophene rings is 1. The first kappa shape index (κ1) is 11.8. The molecule has 90 valence electrons. The summed E-state index contributed by atoms with van der Waals surface area (Å²) in [5, 5.41) is 2.03. The summed E-state index contributed by atoms with van der Waals surface area (Å²) in [6.07, 6.45) is 0. The molecule has 2 N–H and O–H groups in total. The standard InChI is InChI=1S/C13H15NO2S/c1-2-15-11-6-3-7-12(13(11)14)16-9-10-5-4-8-17-10/h3-8H,2,9,14H2,1H3. The van der Waals surface area contributed by atoms with Crippen molar-refractivity contribution < 1.29 is 9.47 Å². The minimum Gasteiger partial charge on any atom is -0.492 e. The van der Waals surface area contributed by atoms with Crippen molar-refractivity contribution in [3.63, 3.8) is 0 Å². The van der Waals surface area contributed by atoms with Crippen molar-refractivity contribution in [2.45, 2.75) is 13.5 Å². The van der Waals surface area contributed by atoms with Gasteiger partial charge in [0.15, 0.2) is 0 Å². The molecule has 17 heavy (non-hydrogen) atoms. The molecule has 1 heterocycles. The van der Waals surface area contributed by atoms with E-state index in [1.165, 1.54) is 4.88 Å². The van der Waals surface area contributed by atoms with Crippen LogP contribution in [0.1, 0.15) is 11.8 Å². The topological polar surface area (TPSA) is 44.5 Å². The Bertz CT molecular complexity index is 468. The first-order chi connectivity index (χ1) is 8.31. The Morgan fingerprint density at radius 3 is 2.53 bits per heavy atom. The molecule has 0 spiro atoms. The summed E-state index contributed by atoms with van der Waals surface area (Å²) in [6, 6.07) is 9.62. The number of para-hydroxylation sites is 1. The number of hydrogen-bond donors (Lipinski definition) is 1. The van der Waals surface area contributed by atoms with Gasteiger partial charge in [0.25, 0.3) is 0 Å². The fourth-order valence-electron chi connectivity index (χ4n) is 1.47. The molecule has 0 amide bonds. The Balaban J connectivity index is 2.07. The third-order valence-corrected chi connectivity index (χ3v) is 3.13. The van der Waals surface area contributed by atoms with E-state index in [4.69, 9.17) is 15.2 Å². The third-order valence-electron chi connectivity index (χ3n) is 2.28. The van der Waals surface area contributed by atoms with Crippen LogP contribution in [0.3, 0.4) is 0 Å². The number of anilines is 1. The van der Waals surface area contributed by atoms with Crippen molar-refractivity contribution in [1.82, 2.24) is 0 Å². The van der Waals surface area contributed by atoms with Gasteiger partial charge in [-0.3, -0.25) is 0 Å². The molecule has 0 aliphatic heterocycles. The van der Waals surface area contributed by atoms with Gasteiger partial charge >= 0.3 is 0 Å². The van der Waals surface area contributed by atoms with Crippen LogP contribution in [0.5, 0.6) is 11.5 Å². The fourth-order valence-corrected chi connectivity index (χ4v) is 2.09. The van der Waals surface area contributed by atoms with Gasteiger partial charge in [-0.25, -0.2) is 0 Å². The van der Waals surface area contributed by atoms with E-state index in [1.807, 2.05) is 42.6 Å². The number of hydrogen-bond acceptors (Lipinski definition) is 4. The lowest BCUT2D eigenvalue weighted by Crippen LogP contribution is -2.01. The van der Waals surface area contributed by atoms with Crippen LogP contribution in [0.4, 0.5) is 5.69 Å². The van der Waals surface area contributed by atoms with E-state index in [-0.39, 0.29) is 0 Å². The summed E-state index contributed by atoms with van der Waals surface area (Å²) in [4.78, 5) is 1.17. The minimum atomic E-state index is 0.539. The molecule has 1 aromatic heterocycles. The van der Waals surface area contributed by atoms with E-state index in [0.717, 1.165) is 0 Å². The first-order valence-electron chi connectivity index (χ1n) is 5.47. The monoisotopic (exact) mass is 249 g/mol. The number of nitrogen functional groups attached to an aromatic ring is 1. The molecule has 0 aliphatic carbocycles. The molecule has 0 aliphatic rings. The maximum Gasteiger partial charge on any atom is 0.146 e. The zero-order chi connectivity index (χ0) is 12.1. The van der Waals surface area contributed by atoms with E-state index < -0.39 is 0 Å². The van der Waals surface area contributed by atoms with E-state index >= 15 is 0 Å². The Labute approximate surface area is 105 Å². The minimum absolute atomic E-state index is 0.539. The molecule has 0 fully saturated rings. The molecule has 0 saturated heterocycles. The molecule has 0 radical (unpaired) electrons. The summed E-state index contributed by atoms with van der Waals surface area (Å²) >= 11 is 1.67. The zero-order valence-electron chi connectivity index (χ0n) is 9.68. The second-order valence-corrected chi connectivity index (χ2v) is 4.50. The summed E-state index contributed by atoms with van der Waals surface area (Å²) in [7, 11) is 0. The first-order valence-corrected chi connectivity index (χ1v) is 6.35. The van der Waals surface area contributed by atoms with E-state index in [0.29, 0.717) is 30.4 Å². The van der Waals surface area contributed by atoms with Crippen molar-refractivity contribution in [3.8, 4) is 11.5 Å². The van der Waals surface area contributed by atoms with E-state index in [9.17, 15) is 0 Å². The molecule has 2 aromatic rings. The highest BCUT2D eigenvalue weighted by Crippen LogP contribution is 2.32. The molecule has 1 aromatic carbocycles. The fraction of sp³-hybridized carbons (Fsp3) is 0.231. The highest BCUT2D eigenvalue weighted by molar-refractivity contribution is 7.09. The normalized spacial score (nSPS) is 10.2. The molecule has 0 bridgehead atoms. The van der Waals surface area contributed by atoms with Gasteiger partial charge in [-0.1, -0.05) is 12.1 Å². The van der Waals surface area contributed by atoms with Crippen LogP contribution in [-0.2, 0) is 6.61 Å². The summed E-state index contributed by atoms with van der Waals surface area (Å²) in [5.74, 6) is 1.35. The predicted molar refractivity (Wildman–Crippen MR) is 70.7 cm³/mol. The number of benzene rings is 1. The second kappa shape index (κ2) is 5.59. The van der Waals surface area contributed by atoms with Gasteiger partial charge in [-0.05, 0) is 30.5 Å². The Kier molecular flexibility index (Phi) is 3.88. The van der Waals surface area contributed by atoms with Gasteiger partial charge in [-0.2, -0.15) is 0 Å². The van der Waals surface area contributed by atoms with Crippen molar-refractivity contribution in [1.29, 1.82) is 0 Å². The summed E-state index contributed by atoms with van der Waals surface area (Å²) in [5.41, 5.74) is 6.52. The molecule has 4 heteroatoms. The lowest BCUT2D eigenvalue weighted by atomic mass is 10.2. The van der Waals surface area contributed by atoms with Gasteiger partial charge in [0.2, 0.25) is 0 Å². The predicted octanol–water partition coefficient (Wildman–Crippen LogP) is 3.31. The Morgan fingerprint density at radius 2 is 1.88 bits per heavy atom. The molecular weight excluding hydrogens is 234 g/mol. The lowest BCUT2D eigenvalue weighted by molar-refractivity contribution is 0.305. The largest absolute Gasteiger partial charge is 0.492 e. The number of ether oxygens (including phenoxy) is 2. The highest BCUT2D eigenvalue weighted by Gasteiger charge is 2.07. The zero-order valence-corrected chi connectivity index (χ0v) is 10.5. The smallest absolute Gasteiger partial charge is 0.146 e. The van der Waals surface area contributed by atoms with Crippen LogP contribution in [0.2, 0.25) is 0 Å². The lowest BCUT2D eigenvalue weighted by Gasteiger charge is -2.11. The van der Waals surface area contributed by atoms with Crippen LogP contribution >= 0.6 is 11.3 Å². The van der Waals surface area contributed by atoms with Crippen LogP contribution < -0.4 is 15.2 Å². The molecule has 3 nitrogen and oxygen atoms in total. The summed E-state index contributed by atoms with van der Waals surface area (Å²) < 4.78 is 11.1. The second-order valence-electron chi connectivity index (χ2n) is 3.47. The number of nitrogens with two attached hydrogens (primary N) is 1. The van der Waals surface area contributed by atoms with Gasteiger partial charge in [0.05, 0.1) is 6.61 Å².